The summed E-state index contributed by atoms with van der Waals surface area (Å²) in [6.45, 7) is -0.384. The van der Waals surface area contributed by atoms with Crippen LogP contribution in [-0.2, 0) is 23.9 Å². The van der Waals surface area contributed by atoms with E-state index in [0.29, 0.717) is 0 Å². The average molecular weight is 483 g/mol. The highest BCUT2D eigenvalue weighted by Gasteiger charge is 2.54. The summed E-state index contributed by atoms with van der Waals surface area (Å²) in [6, 6.07) is -1.05. The molecule has 32 heavy (non-hydrogen) atoms. The molecule has 0 spiro atoms. The molecule has 3 rings (SSSR count). The Morgan fingerprint density at radius 2 is 2.06 bits per heavy atom. The molecule has 15 heteroatoms. The zero-order valence-corrected chi connectivity index (χ0v) is 17.8. The van der Waals surface area contributed by atoms with Crippen LogP contribution in [0.25, 0.3) is 5.57 Å². The number of carboxylic acid groups (broad SMARTS) is 2. The van der Waals surface area contributed by atoms with E-state index >= 15 is 0 Å². The minimum atomic E-state index is -1.39. The Morgan fingerprint density at radius 3 is 2.62 bits per heavy atom. The number of aliphatic carboxylic acids is 2. The lowest BCUT2D eigenvalue weighted by Crippen LogP contribution is -2.70. The SMILES string of the molecule is NC(=O)OCC1=C(C(=O)O)N2C(=O)[C@@H](NC(=O)/C(=C/CC(=O)O)c3csc(N)n3)[C@H]2SC1. The number of carbonyl (C=O) groups is 5. The van der Waals surface area contributed by atoms with Gasteiger partial charge in [-0.25, -0.2) is 14.6 Å². The molecule has 3 heterocycles. The minimum Gasteiger partial charge on any atom is -0.481 e. The summed E-state index contributed by atoms with van der Waals surface area (Å²) in [5.74, 6) is -3.87. The van der Waals surface area contributed by atoms with Gasteiger partial charge in [0, 0.05) is 16.7 Å². The number of fused-ring (bicyclic) bond motifs is 1. The lowest BCUT2D eigenvalue weighted by Gasteiger charge is -2.49. The van der Waals surface area contributed by atoms with Gasteiger partial charge in [0.15, 0.2) is 5.13 Å². The molecule has 2 atom stereocenters. The number of aromatic nitrogens is 1. The number of carboxylic acids is 2. The number of ether oxygens (including phenoxy) is 1. The molecule has 2 aliphatic heterocycles. The third-order valence-electron chi connectivity index (χ3n) is 4.45. The lowest BCUT2D eigenvalue weighted by molar-refractivity contribution is -0.150. The first-order valence-electron chi connectivity index (χ1n) is 8.86. The summed E-state index contributed by atoms with van der Waals surface area (Å²) in [7, 11) is 0. The number of carbonyl (C=O) groups excluding carboxylic acids is 3. The highest BCUT2D eigenvalue weighted by atomic mass is 32.2. The van der Waals surface area contributed by atoms with Crippen LogP contribution < -0.4 is 16.8 Å². The Bertz CT molecular complexity index is 1070. The molecule has 7 N–H and O–H groups in total. The molecule has 1 aromatic heterocycles. The molecule has 2 aliphatic rings. The van der Waals surface area contributed by atoms with E-state index in [1.165, 1.54) is 17.1 Å². The van der Waals surface area contributed by atoms with Gasteiger partial charge in [-0.15, -0.1) is 23.1 Å². The molecule has 0 aliphatic carbocycles. The maximum absolute atomic E-state index is 12.8. The van der Waals surface area contributed by atoms with Gasteiger partial charge in [0.05, 0.1) is 17.7 Å². The van der Waals surface area contributed by atoms with Crippen LogP contribution in [0.15, 0.2) is 22.7 Å². The summed E-state index contributed by atoms with van der Waals surface area (Å²) in [6.07, 6.45) is -0.390. The van der Waals surface area contributed by atoms with E-state index in [1.807, 2.05) is 0 Å². The Hall–Kier alpha value is -3.59. The van der Waals surface area contributed by atoms with Crippen LogP contribution in [0.2, 0.25) is 0 Å². The first-order chi connectivity index (χ1) is 15.1. The third kappa shape index (κ3) is 4.67. The maximum atomic E-state index is 12.8. The minimum absolute atomic E-state index is 0.0723. The Kier molecular flexibility index (Phi) is 6.69. The van der Waals surface area contributed by atoms with Crippen molar-refractivity contribution in [3.8, 4) is 0 Å². The highest BCUT2D eigenvalue weighted by Crippen LogP contribution is 2.40. The molecule has 1 aromatic rings. The van der Waals surface area contributed by atoms with E-state index in [0.717, 1.165) is 22.3 Å². The maximum Gasteiger partial charge on any atom is 0.404 e. The van der Waals surface area contributed by atoms with Crippen LogP contribution in [0.1, 0.15) is 12.1 Å². The number of rotatable bonds is 8. The molecule has 1 saturated heterocycles. The predicted molar refractivity (Wildman–Crippen MR) is 112 cm³/mol. The van der Waals surface area contributed by atoms with Crippen LogP contribution in [0.4, 0.5) is 9.93 Å². The van der Waals surface area contributed by atoms with E-state index in [9.17, 15) is 29.1 Å². The second-order valence-corrected chi connectivity index (χ2v) is 8.51. The number of nitrogen functional groups attached to an aromatic ring is 1. The summed E-state index contributed by atoms with van der Waals surface area (Å²) >= 11 is 2.22. The van der Waals surface area contributed by atoms with Crippen molar-refractivity contribution in [3.63, 3.8) is 0 Å². The topological polar surface area (TPSA) is 215 Å². The van der Waals surface area contributed by atoms with Crippen LogP contribution in [0, 0.1) is 0 Å². The second-order valence-electron chi connectivity index (χ2n) is 6.51. The van der Waals surface area contributed by atoms with Crippen molar-refractivity contribution in [2.75, 3.05) is 18.1 Å². The van der Waals surface area contributed by atoms with E-state index < -0.39 is 47.7 Å². The van der Waals surface area contributed by atoms with Gasteiger partial charge in [-0.2, -0.15) is 0 Å². The molecule has 170 valence electrons. The van der Waals surface area contributed by atoms with E-state index in [2.05, 4.69) is 15.0 Å². The molecular formula is C17H17N5O8S2. The normalized spacial score (nSPS) is 20.3. The van der Waals surface area contributed by atoms with Crippen molar-refractivity contribution >= 4 is 63.6 Å². The van der Waals surface area contributed by atoms with Gasteiger partial charge in [0.25, 0.3) is 11.8 Å². The fourth-order valence-electron chi connectivity index (χ4n) is 3.09. The Balaban J connectivity index is 1.79. The first kappa shape index (κ1) is 23.1. The summed E-state index contributed by atoms with van der Waals surface area (Å²) in [5, 5.41) is 21.9. The van der Waals surface area contributed by atoms with Crippen molar-refractivity contribution in [1.29, 1.82) is 0 Å². The monoisotopic (exact) mass is 483 g/mol. The number of nitrogens with one attached hydrogen (secondary N) is 1. The van der Waals surface area contributed by atoms with Crippen LogP contribution in [0.5, 0.6) is 0 Å². The van der Waals surface area contributed by atoms with Crippen molar-refractivity contribution < 1.29 is 38.9 Å². The summed E-state index contributed by atoms with van der Waals surface area (Å²) < 4.78 is 4.65. The van der Waals surface area contributed by atoms with Crippen LogP contribution >= 0.6 is 23.1 Å². The number of β-lactam (4-membered cyclic amide) rings is 1. The van der Waals surface area contributed by atoms with Gasteiger partial charge in [0.2, 0.25) is 0 Å². The smallest absolute Gasteiger partial charge is 0.404 e. The number of hydrogen-bond acceptors (Lipinski definition) is 10. The number of thioether (sulfide) groups is 1. The number of anilines is 1. The van der Waals surface area contributed by atoms with Crippen molar-refractivity contribution in [1.82, 2.24) is 15.2 Å². The average Bonchev–Trinajstić information content (AvgIpc) is 3.15. The Morgan fingerprint density at radius 1 is 1.34 bits per heavy atom. The largest absolute Gasteiger partial charge is 0.481 e. The van der Waals surface area contributed by atoms with Crippen LogP contribution in [-0.4, -0.2) is 73.7 Å². The molecule has 0 aromatic carbocycles. The lowest BCUT2D eigenvalue weighted by atomic mass is 10.0. The van der Waals surface area contributed by atoms with Crippen molar-refractivity contribution in [2.45, 2.75) is 17.8 Å². The van der Waals surface area contributed by atoms with Gasteiger partial charge in [-0.3, -0.25) is 19.3 Å². The van der Waals surface area contributed by atoms with E-state index in [1.54, 1.807) is 0 Å². The standard InChI is InChI=1S/C17H17N5O8S2/c18-16-20-8(5-32-16)7(1-2-9(23)24)12(25)21-10-13(26)22-11(15(27)28)6(3-30-17(19)29)4-31-14(10)22/h1,5,10,14H,2-4H2,(H2,18,20)(H2,19,29)(H,21,25)(H,23,24)(H,27,28)/b7-1+/t10-,14-/m1/s1. The molecule has 0 unspecified atom stereocenters. The van der Waals surface area contributed by atoms with E-state index in [-0.39, 0.29) is 40.0 Å². The number of nitrogens with zero attached hydrogens (tertiary/aromatic N) is 2. The fraction of sp³-hybridized carbons (Fsp3) is 0.294. The molecular weight excluding hydrogens is 466 g/mol. The predicted octanol–water partition coefficient (Wildman–Crippen LogP) is -0.583. The van der Waals surface area contributed by atoms with Crippen molar-refractivity contribution in [2.24, 2.45) is 5.73 Å². The number of hydrogen-bond donors (Lipinski definition) is 5. The number of amides is 3. The molecule has 0 bridgehead atoms. The highest BCUT2D eigenvalue weighted by molar-refractivity contribution is 8.00. The Labute approximate surface area is 188 Å². The zero-order valence-electron chi connectivity index (χ0n) is 16.1. The van der Waals surface area contributed by atoms with Crippen molar-refractivity contribution in [3.05, 3.63) is 28.4 Å². The second kappa shape index (κ2) is 9.27. The van der Waals surface area contributed by atoms with Crippen LogP contribution in [0.3, 0.4) is 0 Å². The molecule has 1 fully saturated rings. The molecule has 0 radical (unpaired) electrons. The fourth-order valence-corrected chi connectivity index (χ4v) is 4.98. The summed E-state index contributed by atoms with van der Waals surface area (Å²) in [5.41, 5.74) is 10.4. The van der Waals surface area contributed by atoms with Gasteiger partial charge < -0.3 is 31.7 Å². The van der Waals surface area contributed by atoms with E-state index in [4.69, 9.17) is 16.6 Å². The zero-order chi connectivity index (χ0) is 23.6. The van der Waals surface area contributed by atoms with Gasteiger partial charge in [-0.1, -0.05) is 6.08 Å². The van der Waals surface area contributed by atoms with Gasteiger partial charge in [0.1, 0.15) is 23.7 Å². The summed E-state index contributed by atoms with van der Waals surface area (Å²) in [4.78, 5) is 64.0. The molecule has 3 amide bonds. The number of nitrogens with two attached hydrogens (primary N) is 2. The van der Waals surface area contributed by atoms with Gasteiger partial charge >= 0.3 is 18.0 Å². The third-order valence-corrected chi connectivity index (χ3v) is 6.46. The number of primary amides is 1. The van der Waals surface area contributed by atoms with Gasteiger partial charge in [-0.05, 0) is 0 Å². The molecule has 0 saturated carbocycles. The first-order valence-corrected chi connectivity index (χ1v) is 10.8. The number of thiazole rings is 1. The molecule has 13 nitrogen and oxygen atoms in total. The quantitative estimate of drug-likeness (QED) is 0.233.